The first kappa shape index (κ1) is 19.8. The molecule has 1 aromatic heterocycles. The van der Waals surface area contributed by atoms with Crippen molar-refractivity contribution in [2.24, 2.45) is 5.73 Å². The number of hydrogen-bond donors (Lipinski definition) is 1. The van der Waals surface area contributed by atoms with E-state index in [1.165, 1.54) is 0 Å². The van der Waals surface area contributed by atoms with Crippen molar-refractivity contribution in [2.45, 2.75) is 12.8 Å². The summed E-state index contributed by atoms with van der Waals surface area (Å²) in [6, 6.07) is 12.3. The number of esters is 1. The molecule has 3 aromatic rings. The van der Waals surface area contributed by atoms with E-state index in [0.717, 1.165) is 16.0 Å². The lowest BCUT2D eigenvalue weighted by molar-refractivity contribution is -0.139. The predicted molar refractivity (Wildman–Crippen MR) is 115 cm³/mol. The number of ether oxygens (including phenoxy) is 2. The van der Waals surface area contributed by atoms with Gasteiger partial charge in [-0.25, -0.2) is 4.79 Å². The van der Waals surface area contributed by atoms with Crippen LogP contribution in [-0.4, -0.2) is 12.6 Å². The van der Waals surface area contributed by atoms with E-state index in [-0.39, 0.29) is 28.4 Å². The molecule has 0 saturated heterocycles. The minimum atomic E-state index is -0.910. The Morgan fingerprint density at radius 2 is 1.83 bits per heavy atom. The molecule has 1 atom stereocenters. The molecular formula is C21H15Cl2NO4S. The van der Waals surface area contributed by atoms with Gasteiger partial charge in [-0.3, -0.25) is 4.79 Å². The van der Waals surface area contributed by atoms with Gasteiger partial charge in [-0.05, 0) is 31.2 Å². The summed E-state index contributed by atoms with van der Waals surface area (Å²) < 4.78 is 11.5. The van der Waals surface area contributed by atoms with Crippen LogP contribution in [0.3, 0.4) is 0 Å². The molecule has 0 amide bonds. The Labute approximate surface area is 180 Å². The molecule has 8 heteroatoms. The second kappa shape index (κ2) is 7.71. The van der Waals surface area contributed by atoms with Crippen LogP contribution in [0.2, 0.25) is 10.0 Å². The zero-order valence-corrected chi connectivity index (χ0v) is 17.5. The van der Waals surface area contributed by atoms with Gasteiger partial charge < -0.3 is 15.2 Å². The standard InChI is InChI=1S/C21H15Cl2NO4S/c1-2-27-20(25)17-15(14-11(22)7-5-8-12(14)23)16-18(28-19(17)24)10-6-3-4-9-13(10)29-21(16)26/h3-9,15H,2,24H2,1H3/t15-/m0/s1. The smallest absolute Gasteiger partial charge is 0.340 e. The minimum Gasteiger partial charge on any atom is -0.462 e. The fraction of sp³-hybridized carbons (Fsp3) is 0.143. The number of halogens is 2. The summed E-state index contributed by atoms with van der Waals surface area (Å²) in [4.78, 5) is 25.9. The summed E-state index contributed by atoms with van der Waals surface area (Å²) >= 11 is 14.0. The van der Waals surface area contributed by atoms with Gasteiger partial charge in [-0.15, -0.1) is 0 Å². The van der Waals surface area contributed by atoms with Crippen molar-refractivity contribution >= 4 is 50.6 Å². The van der Waals surface area contributed by atoms with Gasteiger partial charge in [0.25, 0.3) is 0 Å². The van der Waals surface area contributed by atoms with Crippen LogP contribution in [0.15, 0.2) is 58.7 Å². The summed E-state index contributed by atoms with van der Waals surface area (Å²) in [5.74, 6) is -1.44. The van der Waals surface area contributed by atoms with Gasteiger partial charge in [-0.2, -0.15) is 0 Å². The van der Waals surface area contributed by atoms with Crippen molar-refractivity contribution < 1.29 is 14.3 Å². The number of carbonyl (C=O) groups is 1. The molecule has 5 nitrogen and oxygen atoms in total. The van der Waals surface area contributed by atoms with Crippen LogP contribution in [0.1, 0.15) is 24.0 Å². The number of benzene rings is 2. The molecule has 1 aliphatic heterocycles. The SMILES string of the molecule is CCOC(=O)C1=C(N)Oc2c(c(=O)sc3ccccc23)[C@@H]1c1c(Cl)cccc1Cl. The second-order valence-electron chi connectivity index (χ2n) is 6.30. The van der Waals surface area contributed by atoms with E-state index in [1.54, 1.807) is 25.1 Å². The molecule has 0 fully saturated rings. The quantitative estimate of drug-likeness (QED) is 0.581. The minimum absolute atomic E-state index is 0.00827. The Morgan fingerprint density at radius 3 is 2.52 bits per heavy atom. The Bertz CT molecular complexity index is 1210. The number of nitrogens with two attached hydrogens (primary N) is 1. The molecule has 0 unspecified atom stereocenters. The van der Waals surface area contributed by atoms with E-state index in [9.17, 15) is 9.59 Å². The summed E-state index contributed by atoms with van der Waals surface area (Å²) in [5, 5.41) is 1.33. The average Bonchev–Trinajstić information content (AvgIpc) is 2.67. The van der Waals surface area contributed by atoms with Gasteiger partial charge >= 0.3 is 5.97 Å². The fourth-order valence-corrected chi connectivity index (χ4v) is 5.00. The molecule has 4 rings (SSSR count). The van der Waals surface area contributed by atoms with Crippen LogP contribution in [0, 0.1) is 0 Å². The zero-order valence-electron chi connectivity index (χ0n) is 15.2. The molecule has 0 spiro atoms. The van der Waals surface area contributed by atoms with Gasteiger partial charge in [0.05, 0.1) is 18.1 Å². The van der Waals surface area contributed by atoms with Crippen LogP contribution in [-0.2, 0) is 9.53 Å². The topological polar surface area (TPSA) is 78.6 Å². The summed E-state index contributed by atoms with van der Waals surface area (Å²) in [6.07, 6.45) is 0. The first-order chi connectivity index (χ1) is 13.9. The van der Waals surface area contributed by atoms with Gasteiger partial charge in [0.15, 0.2) is 0 Å². The molecule has 2 N–H and O–H groups in total. The monoisotopic (exact) mass is 447 g/mol. The van der Waals surface area contributed by atoms with Gasteiger partial charge in [-0.1, -0.05) is 52.7 Å². The number of carbonyl (C=O) groups excluding carboxylic acids is 1. The lowest BCUT2D eigenvalue weighted by atomic mass is 9.83. The highest BCUT2D eigenvalue weighted by molar-refractivity contribution is 7.16. The lowest BCUT2D eigenvalue weighted by Crippen LogP contribution is -2.30. The highest BCUT2D eigenvalue weighted by Crippen LogP contribution is 2.48. The van der Waals surface area contributed by atoms with E-state index < -0.39 is 11.9 Å². The Morgan fingerprint density at radius 1 is 1.14 bits per heavy atom. The third-order valence-electron chi connectivity index (χ3n) is 4.64. The lowest BCUT2D eigenvalue weighted by Gasteiger charge is -2.29. The van der Waals surface area contributed by atoms with E-state index in [4.69, 9.17) is 38.4 Å². The van der Waals surface area contributed by atoms with Crippen LogP contribution in [0.4, 0.5) is 0 Å². The molecule has 0 saturated carbocycles. The maximum atomic E-state index is 13.2. The van der Waals surface area contributed by atoms with E-state index in [1.807, 2.05) is 24.3 Å². The van der Waals surface area contributed by atoms with E-state index in [2.05, 4.69) is 0 Å². The molecule has 29 heavy (non-hydrogen) atoms. The molecular weight excluding hydrogens is 433 g/mol. The first-order valence-corrected chi connectivity index (χ1v) is 10.4. The van der Waals surface area contributed by atoms with Crippen LogP contribution in [0.25, 0.3) is 10.1 Å². The number of rotatable bonds is 3. The summed E-state index contributed by atoms with van der Waals surface area (Å²) in [7, 11) is 0. The van der Waals surface area contributed by atoms with E-state index in [0.29, 0.717) is 26.7 Å². The normalized spacial score (nSPS) is 15.8. The third-order valence-corrected chi connectivity index (χ3v) is 6.28. The Kier molecular flexibility index (Phi) is 5.25. The third kappa shape index (κ3) is 3.27. The number of hydrogen-bond acceptors (Lipinski definition) is 6. The van der Waals surface area contributed by atoms with Gasteiger partial charge in [0.1, 0.15) is 11.3 Å². The highest BCUT2D eigenvalue weighted by Gasteiger charge is 2.40. The van der Waals surface area contributed by atoms with Gasteiger partial charge in [0, 0.05) is 25.7 Å². The molecule has 1 aliphatic rings. The van der Waals surface area contributed by atoms with Crippen molar-refractivity contribution in [1.29, 1.82) is 0 Å². The predicted octanol–water partition coefficient (Wildman–Crippen LogP) is 4.83. The maximum Gasteiger partial charge on any atom is 0.340 e. The summed E-state index contributed by atoms with van der Waals surface area (Å²) in [5.41, 5.74) is 6.85. The first-order valence-electron chi connectivity index (χ1n) is 8.78. The second-order valence-corrected chi connectivity index (χ2v) is 8.13. The van der Waals surface area contributed by atoms with Crippen LogP contribution >= 0.6 is 34.5 Å². The van der Waals surface area contributed by atoms with Crippen molar-refractivity contribution in [3.8, 4) is 5.75 Å². The highest BCUT2D eigenvalue weighted by atomic mass is 35.5. The van der Waals surface area contributed by atoms with E-state index >= 15 is 0 Å². The summed E-state index contributed by atoms with van der Waals surface area (Å²) in [6.45, 7) is 1.81. The molecule has 0 aliphatic carbocycles. The van der Waals surface area contributed by atoms with Crippen molar-refractivity contribution in [3.05, 3.63) is 84.6 Å². The molecule has 2 heterocycles. The van der Waals surface area contributed by atoms with Gasteiger partial charge in [0.2, 0.25) is 10.6 Å². The largest absolute Gasteiger partial charge is 0.462 e. The number of fused-ring (bicyclic) bond motifs is 3. The Hall–Kier alpha value is -2.54. The molecule has 2 aromatic carbocycles. The average molecular weight is 448 g/mol. The molecule has 0 bridgehead atoms. The molecule has 148 valence electrons. The van der Waals surface area contributed by atoms with Crippen molar-refractivity contribution in [1.82, 2.24) is 0 Å². The Balaban J connectivity index is 2.10. The van der Waals surface area contributed by atoms with Crippen molar-refractivity contribution in [3.63, 3.8) is 0 Å². The molecule has 0 radical (unpaired) electrons. The van der Waals surface area contributed by atoms with Crippen LogP contribution in [0.5, 0.6) is 5.75 Å². The zero-order chi connectivity index (χ0) is 20.7. The van der Waals surface area contributed by atoms with Crippen LogP contribution < -0.4 is 15.2 Å². The van der Waals surface area contributed by atoms with Crippen molar-refractivity contribution in [2.75, 3.05) is 6.61 Å². The fourth-order valence-electron chi connectivity index (χ4n) is 3.45. The maximum absolute atomic E-state index is 13.2.